The minimum Gasteiger partial charge on any atom is -0.316 e. The lowest BCUT2D eigenvalue weighted by atomic mass is 9.88. The van der Waals surface area contributed by atoms with Crippen molar-refractivity contribution in [3.05, 3.63) is 34.9 Å². The lowest BCUT2D eigenvalue weighted by molar-refractivity contribution is 0.161. The third-order valence-electron chi connectivity index (χ3n) is 4.44. The first-order valence-electron chi connectivity index (χ1n) is 6.96. The molecule has 2 aliphatic rings. The molecule has 1 unspecified atom stereocenters. The predicted molar refractivity (Wildman–Crippen MR) is 78.2 cm³/mol. The summed E-state index contributed by atoms with van der Waals surface area (Å²) in [5.41, 5.74) is 1.40. The second kappa shape index (κ2) is 5.96. The lowest BCUT2D eigenvalue weighted by Gasteiger charge is -2.35. The van der Waals surface area contributed by atoms with Gasteiger partial charge < -0.3 is 5.32 Å². The summed E-state index contributed by atoms with van der Waals surface area (Å²) in [7, 11) is 0. The smallest absolute Gasteiger partial charge is 0.128 e. The van der Waals surface area contributed by atoms with Gasteiger partial charge in [0.1, 0.15) is 11.6 Å². The molecule has 1 aromatic rings. The standard InChI is InChI=1S/C15H20F2N2.ClH/c1-15(5-6-18-9-15)10-19-7-4-11-12(8-19)14(17)3-2-13(11)16;/h2-3,18H,4-10H2,1H3;1H. The maximum absolute atomic E-state index is 13.8. The Balaban J connectivity index is 0.00000147. The summed E-state index contributed by atoms with van der Waals surface area (Å²) in [6.45, 7) is 6.66. The normalized spacial score (nSPS) is 26.1. The Bertz CT molecular complexity index is 487. The molecule has 5 heteroatoms. The summed E-state index contributed by atoms with van der Waals surface area (Å²) in [5.74, 6) is -0.527. The summed E-state index contributed by atoms with van der Waals surface area (Å²) in [4.78, 5) is 2.26. The molecule has 2 heterocycles. The maximum Gasteiger partial charge on any atom is 0.128 e. The molecule has 0 bridgehead atoms. The fourth-order valence-electron chi connectivity index (χ4n) is 3.33. The zero-order chi connectivity index (χ0) is 13.5. The van der Waals surface area contributed by atoms with E-state index >= 15 is 0 Å². The first-order valence-corrected chi connectivity index (χ1v) is 6.96. The van der Waals surface area contributed by atoms with Crippen molar-refractivity contribution in [3.63, 3.8) is 0 Å². The molecule has 0 saturated carbocycles. The first kappa shape index (κ1) is 15.7. The van der Waals surface area contributed by atoms with E-state index in [9.17, 15) is 8.78 Å². The van der Waals surface area contributed by atoms with E-state index in [0.717, 1.165) is 32.6 Å². The molecule has 1 aromatic carbocycles. The monoisotopic (exact) mass is 302 g/mol. The van der Waals surface area contributed by atoms with Crippen LogP contribution in [-0.4, -0.2) is 31.1 Å². The van der Waals surface area contributed by atoms with Crippen molar-refractivity contribution in [2.75, 3.05) is 26.2 Å². The van der Waals surface area contributed by atoms with Gasteiger partial charge in [0.05, 0.1) is 0 Å². The zero-order valence-electron chi connectivity index (χ0n) is 11.7. The van der Waals surface area contributed by atoms with Crippen LogP contribution in [0.25, 0.3) is 0 Å². The highest BCUT2D eigenvalue weighted by molar-refractivity contribution is 5.85. The Hall–Kier alpha value is -0.710. The molecule has 0 aliphatic carbocycles. The van der Waals surface area contributed by atoms with Gasteiger partial charge in [-0.2, -0.15) is 0 Å². The largest absolute Gasteiger partial charge is 0.316 e. The Morgan fingerprint density at radius 3 is 2.60 bits per heavy atom. The lowest BCUT2D eigenvalue weighted by Crippen LogP contribution is -2.40. The van der Waals surface area contributed by atoms with Crippen molar-refractivity contribution >= 4 is 12.4 Å². The quantitative estimate of drug-likeness (QED) is 0.904. The minimum atomic E-state index is -0.268. The molecular weight excluding hydrogens is 282 g/mol. The van der Waals surface area contributed by atoms with Crippen molar-refractivity contribution in [3.8, 4) is 0 Å². The molecule has 0 aromatic heterocycles. The number of nitrogens with one attached hydrogen (secondary N) is 1. The van der Waals surface area contributed by atoms with Gasteiger partial charge in [0.2, 0.25) is 0 Å². The van der Waals surface area contributed by atoms with Gasteiger partial charge in [-0.25, -0.2) is 8.78 Å². The molecule has 1 atom stereocenters. The van der Waals surface area contributed by atoms with E-state index in [2.05, 4.69) is 17.1 Å². The van der Waals surface area contributed by atoms with E-state index in [4.69, 9.17) is 0 Å². The molecule has 20 heavy (non-hydrogen) atoms. The molecule has 0 radical (unpaired) electrons. The van der Waals surface area contributed by atoms with Crippen molar-refractivity contribution in [2.45, 2.75) is 26.3 Å². The average molecular weight is 303 g/mol. The maximum atomic E-state index is 13.8. The molecule has 0 amide bonds. The van der Waals surface area contributed by atoms with E-state index < -0.39 is 0 Å². The van der Waals surface area contributed by atoms with Crippen molar-refractivity contribution < 1.29 is 8.78 Å². The van der Waals surface area contributed by atoms with Crippen LogP contribution in [0.4, 0.5) is 8.78 Å². The predicted octanol–water partition coefficient (Wildman–Crippen LogP) is 2.74. The third-order valence-corrected chi connectivity index (χ3v) is 4.44. The van der Waals surface area contributed by atoms with E-state index in [0.29, 0.717) is 24.1 Å². The van der Waals surface area contributed by atoms with Gasteiger partial charge in [-0.15, -0.1) is 12.4 Å². The highest BCUT2D eigenvalue weighted by atomic mass is 35.5. The van der Waals surface area contributed by atoms with Crippen LogP contribution < -0.4 is 5.32 Å². The highest BCUT2D eigenvalue weighted by Crippen LogP contribution is 2.30. The van der Waals surface area contributed by atoms with Gasteiger partial charge in [0, 0.05) is 31.7 Å². The van der Waals surface area contributed by atoms with Crippen molar-refractivity contribution in [1.82, 2.24) is 10.2 Å². The summed E-state index contributed by atoms with van der Waals surface area (Å²) >= 11 is 0. The molecule has 1 saturated heterocycles. The Kier molecular flexibility index (Phi) is 4.67. The molecule has 1 N–H and O–H groups in total. The summed E-state index contributed by atoms with van der Waals surface area (Å²) in [6.07, 6.45) is 1.77. The number of rotatable bonds is 2. The van der Waals surface area contributed by atoms with Crippen LogP contribution in [0.2, 0.25) is 0 Å². The Labute approximate surface area is 124 Å². The second-order valence-electron chi connectivity index (χ2n) is 6.18. The van der Waals surface area contributed by atoms with Crippen LogP contribution in [0, 0.1) is 17.0 Å². The Morgan fingerprint density at radius 1 is 1.25 bits per heavy atom. The van der Waals surface area contributed by atoms with Crippen LogP contribution in [0.15, 0.2) is 12.1 Å². The van der Waals surface area contributed by atoms with Gasteiger partial charge >= 0.3 is 0 Å². The number of fused-ring (bicyclic) bond motifs is 1. The van der Waals surface area contributed by atoms with Crippen LogP contribution in [0.5, 0.6) is 0 Å². The van der Waals surface area contributed by atoms with Crippen molar-refractivity contribution in [1.29, 1.82) is 0 Å². The first-order chi connectivity index (χ1) is 9.07. The summed E-state index contributed by atoms with van der Waals surface area (Å²) in [5, 5.41) is 3.38. The Morgan fingerprint density at radius 2 is 1.95 bits per heavy atom. The molecule has 3 rings (SSSR count). The van der Waals surface area contributed by atoms with E-state index in [1.165, 1.54) is 12.1 Å². The van der Waals surface area contributed by atoms with Gasteiger partial charge in [0.15, 0.2) is 0 Å². The molecule has 112 valence electrons. The SMILES string of the molecule is CC1(CN2CCc3c(F)ccc(F)c3C2)CCNC1.Cl. The molecule has 2 nitrogen and oxygen atoms in total. The molecule has 0 spiro atoms. The second-order valence-corrected chi connectivity index (χ2v) is 6.18. The van der Waals surface area contributed by atoms with Gasteiger partial charge in [-0.05, 0) is 42.5 Å². The average Bonchev–Trinajstić information content (AvgIpc) is 2.81. The number of nitrogens with zero attached hydrogens (tertiary/aromatic N) is 1. The number of halogens is 3. The number of hydrogen-bond donors (Lipinski definition) is 1. The van der Waals surface area contributed by atoms with E-state index in [1.807, 2.05) is 0 Å². The van der Waals surface area contributed by atoms with Crippen LogP contribution in [0.1, 0.15) is 24.5 Å². The van der Waals surface area contributed by atoms with Crippen LogP contribution in [0.3, 0.4) is 0 Å². The third kappa shape index (κ3) is 2.97. The topological polar surface area (TPSA) is 15.3 Å². The summed E-state index contributed by atoms with van der Waals surface area (Å²) < 4.78 is 27.5. The van der Waals surface area contributed by atoms with Crippen LogP contribution in [-0.2, 0) is 13.0 Å². The van der Waals surface area contributed by atoms with Crippen molar-refractivity contribution in [2.24, 2.45) is 5.41 Å². The van der Waals surface area contributed by atoms with Gasteiger partial charge in [0.25, 0.3) is 0 Å². The molecule has 2 aliphatic heterocycles. The minimum absolute atomic E-state index is 0. The molecular formula is C15H21ClF2N2. The van der Waals surface area contributed by atoms with E-state index in [1.54, 1.807) is 0 Å². The highest BCUT2D eigenvalue weighted by Gasteiger charge is 2.32. The molecule has 1 fully saturated rings. The van der Waals surface area contributed by atoms with Crippen LogP contribution >= 0.6 is 12.4 Å². The number of benzene rings is 1. The summed E-state index contributed by atoms with van der Waals surface area (Å²) in [6, 6.07) is 2.49. The fourth-order valence-corrected chi connectivity index (χ4v) is 3.33. The van der Waals surface area contributed by atoms with E-state index in [-0.39, 0.29) is 29.5 Å². The number of hydrogen-bond acceptors (Lipinski definition) is 2. The fraction of sp³-hybridized carbons (Fsp3) is 0.600. The van der Waals surface area contributed by atoms with Gasteiger partial charge in [-0.1, -0.05) is 6.92 Å². The van der Waals surface area contributed by atoms with Gasteiger partial charge in [-0.3, -0.25) is 4.90 Å². The zero-order valence-corrected chi connectivity index (χ0v) is 12.5.